The molecule has 0 fully saturated rings. The highest BCUT2D eigenvalue weighted by molar-refractivity contribution is 7.91. The molecule has 0 amide bonds. The first-order valence-electron chi connectivity index (χ1n) is 9.18. The van der Waals surface area contributed by atoms with Crippen LogP contribution in [0, 0.1) is 0 Å². The topological polar surface area (TPSA) is 102 Å². The second-order valence-electron chi connectivity index (χ2n) is 6.79. The zero-order valence-corrected chi connectivity index (χ0v) is 17.8. The molecule has 0 saturated carbocycles. The van der Waals surface area contributed by atoms with E-state index in [1.165, 1.54) is 18.5 Å². The molecule has 8 nitrogen and oxygen atoms in total. The Kier molecular flexibility index (Phi) is 6.37. The van der Waals surface area contributed by atoms with E-state index in [-0.39, 0.29) is 38.9 Å². The molecule has 15 heteroatoms. The van der Waals surface area contributed by atoms with Crippen LogP contribution < -0.4 is 5.43 Å². The zero-order valence-electron chi connectivity index (χ0n) is 17.0. The Morgan fingerprint density at radius 2 is 1.82 bits per heavy atom. The van der Waals surface area contributed by atoms with Gasteiger partial charge >= 0.3 is 12.4 Å². The third kappa shape index (κ3) is 5.40. The number of sulfone groups is 1. The quantitative estimate of drug-likeness (QED) is 0.321. The van der Waals surface area contributed by atoms with Gasteiger partial charge in [-0.1, -0.05) is 6.92 Å². The first-order chi connectivity index (χ1) is 15.2. The van der Waals surface area contributed by atoms with Crippen molar-refractivity contribution < 1.29 is 34.8 Å². The predicted octanol–water partition coefficient (Wildman–Crippen LogP) is 3.33. The van der Waals surface area contributed by atoms with Crippen molar-refractivity contribution in [3.05, 3.63) is 35.7 Å². The van der Waals surface area contributed by atoms with E-state index in [4.69, 9.17) is 0 Å². The van der Waals surface area contributed by atoms with Crippen molar-refractivity contribution in [2.75, 3.05) is 12.3 Å². The number of alkyl halides is 6. The lowest BCUT2D eigenvalue weighted by atomic mass is 10.2. The van der Waals surface area contributed by atoms with Gasteiger partial charge in [-0.3, -0.25) is 4.98 Å². The second kappa shape index (κ2) is 8.61. The minimum Gasteiger partial charge on any atom is -0.310 e. The van der Waals surface area contributed by atoms with E-state index in [2.05, 4.69) is 20.1 Å². The van der Waals surface area contributed by atoms with Crippen LogP contribution in [0.5, 0.6) is 0 Å². The van der Waals surface area contributed by atoms with Crippen LogP contribution in [0.1, 0.15) is 18.1 Å². The molecule has 3 rings (SSSR count). The lowest BCUT2D eigenvalue weighted by molar-refractivity contribution is -0.137. The van der Waals surface area contributed by atoms with E-state index in [1.807, 2.05) is 0 Å². The lowest BCUT2D eigenvalue weighted by Gasteiger charge is -2.10. The summed E-state index contributed by atoms with van der Waals surface area (Å²) in [6, 6.07) is 1.93. The van der Waals surface area contributed by atoms with Crippen LogP contribution in [0.4, 0.5) is 26.3 Å². The van der Waals surface area contributed by atoms with Gasteiger partial charge in [-0.15, -0.1) is 0 Å². The molecule has 0 atom stereocenters. The number of nitrogens with one attached hydrogen (secondary N) is 1. The van der Waals surface area contributed by atoms with Crippen molar-refractivity contribution in [2.24, 2.45) is 12.1 Å². The minimum atomic E-state index is -4.64. The van der Waals surface area contributed by atoms with Gasteiger partial charge in [0.1, 0.15) is 17.8 Å². The molecule has 0 radical (unpaired) electrons. The van der Waals surface area contributed by atoms with E-state index >= 15 is 0 Å². The highest BCUT2D eigenvalue weighted by atomic mass is 32.2. The first-order valence-corrected chi connectivity index (χ1v) is 10.8. The smallest absolute Gasteiger partial charge is 0.310 e. The third-order valence-corrected chi connectivity index (χ3v) is 6.16. The van der Waals surface area contributed by atoms with Gasteiger partial charge in [0.2, 0.25) is 0 Å². The summed E-state index contributed by atoms with van der Waals surface area (Å²) in [5.41, 5.74) is 0.651. The number of hydrazone groups is 1. The molecular formula is C18H16F6N6O2S. The van der Waals surface area contributed by atoms with E-state index in [0.29, 0.717) is 6.20 Å². The van der Waals surface area contributed by atoms with Crippen molar-refractivity contribution in [3.8, 4) is 11.5 Å². The number of hydrogen-bond acceptors (Lipinski definition) is 7. The van der Waals surface area contributed by atoms with Crippen molar-refractivity contribution >= 4 is 27.2 Å². The Morgan fingerprint density at radius 1 is 1.12 bits per heavy atom. The number of aryl methyl sites for hydroxylation is 1. The van der Waals surface area contributed by atoms with Gasteiger partial charge in [0, 0.05) is 25.0 Å². The fourth-order valence-electron chi connectivity index (χ4n) is 2.79. The molecule has 0 aliphatic heterocycles. The number of pyridine rings is 2. The van der Waals surface area contributed by atoms with Crippen molar-refractivity contribution in [2.45, 2.75) is 24.2 Å². The summed E-state index contributed by atoms with van der Waals surface area (Å²) in [6.45, 7) is -0.0151. The second-order valence-corrected chi connectivity index (χ2v) is 9.03. The Labute approximate surface area is 183 Å². The van der Waals surface area contributed by atoms with Crippen LogP contribution in [0.3, 0.4) is 0 Å². The summed E-state index contributed by atoms with van der Waals surface area (Å²) >= 11 is 0. The van der Waals surface area contributed by atoms with Gasteiger partial charge in [0.15, 0.2) is 21.3 Å². The van der Waals surface area contributed by atoms with Crippen molar-refractivity contribution in [3.63, 3.8) is 0 Å². The van der Waals surface area contributed by atoms with Gasteiger partial charge in [-0.2, -0.15) is 31.4 Å². The number of halogens is 6. The normalized spacial score (nSPS) is 13.2. The van der Waals surface area contributed by atoms with Crippen molar-refractivity contribution in [1.82, 2.24) is 24.9 Å². The molecule has 3 aromatic rings. The lowest BCUT2D eigenvalue weighted by Crippen LogP contribution is -2.25. The zero-order chi connectivity index (χ0) is 24.6. The molecule has 0 saturated heterocycles. The molecular weight excluding hydrogens is 478 g/mol. The number of aromatic nitrogens is 4. The first kappa shape index (κ1) is 24.4. The van der Waals surface area contributed by atoms with E-state index in [9.17, 15) is 34.8 Å². The molecule has 1 N–H and O–H groups in total. The number of nitrogens with zero attached hydrogens (tertiary/aromatic N) is 5. The molecule has 0 unspecified atom stereocenters. The highest BCUT2D eigenvalue weighted by Gasteiger charge is 2.32. The molecule has 33 heavy (non-hydrogen) atoms. The molecule has 178 valence electrons. The summed E-state index contributed by atoms with van der Waals surface area (Å²) < 4.78 is 102. The Morgan fingerprint density at radius 3 is 2.42 bits per heavy atom. The fraction of sp³-hybridized carbons (Fsp3) is 0.333. The molecule has 0 bridgehead atoms. The van der Waals surface area contributed by atoms with Crippen LogP contribution in [-0.4, -0.2) is 52.6 Å². The predicted molar refractivity (Wildman–Crippen MR) is 106 cm³/mol. The van der Waals surface area contributed by atoms with Crippen LogP contribution in [0.15, 0.2) is 34.5 Å². The summed E-state index contributed by atoms with van der Waals surface area (Å²) in [5.74, 6) is -0.391. The van der Waals surface area contributed by atoms with Crippen LogP contribution >= 0.6 is 0 Å². The Bertz CT molecular complexity index is 1310. The Balaban J connectivity index is 2.09. The summed E-state index contributed by atoms with van der Waals surface area (Å²) in [4.78, 5) is 11.6. The molecule has 0 aliphatic carbocycles. The summed E-state index contributed by atoms with van der Waals surface area (Å²) in [7, 11) is -2.48. The average molecular weight is 494 g/mol. The van der Waals surface area contributed by atoms with Crippen LogP contribution in [-0.2, 0) is 23.1 Å². The molecule has 3 heterocycles. The maximum atomic E-state index is 13.0. The Hall–Kier alpha value is -3.23. The number of fused-ring (bicyclic) bond motifs is 1. The van der Waals surface area contributed by atoms with Gasteiger partial charge in [-0.05, 0) is 12.1 Å². The van der Waals surface area contributed by atoms with Crippen LogP contribution in [0.25, 0.3) is 22.7 Å². The number of hydrogen-bond donors (Lipinski definition) is 1. The van der Waals surface area contributed by atoms with Crippen molar-refractivity contribution in [1.29, 1.82) is 0 Å². The fourth-order valence-corrected chi connectivity index (χ4v) is 3.85. The SMILES string of the molecule is CCS(=O)(=O)c1cc(/C=N/NCC(F)(F)F)cnc1-c1nc2cc(C(F)(F)F)cnc2n1C. The summed E-state index contributed by atoms with van der Waals surface area (Å²) in [6.07, 6.45) is -6.39. The molecule has 3 aromatic heterocycles. The van der Waals surface area contributed by atoms with Gasteiger partial charge in [-0.25, -0.2) is 18.4 Å². The number of rotatable bonds is 6. The monoisotopic (exact) mass is 494 g/mol. The highest BCUT2D eigenvalue weighted by Crippen LogP contribution is 2.32. The third-order valence-electron chi connectivity index (χ3n) is 4.42. The van der Waals surface area contributed by atoms with E-state index < -0.39 is 34.3 Å². The van der Waals surface area contributed by atoms with Gasteiger partial charge in [0.25, 0.3) is 0 Å². The maximum absolute atomic E-state index is 13.0. The summed E-state index contributed by atoms with van der Waals surface area (Å²) in [5, 5.41) is 3.40. The largest absolute Gasteiger partial charge is 0.417 e. The maximum Gasteiger partial charge on any atom is 0.417 e. The van der Waals surface area contributed by atoms with Gasteiger partial charge in [0.05, 0.1) is 22.4 Å². The minimum absolute atomic E-state index is 0.0532. The van der Waals surface area contributed by atoms with Gasteiger partial charge < -0.3 is 9.99 Å². The van der Waals surface area contributed by atoms with E-state index in [1.54, 1.807) is 5.43 Å². The molecule has 0 aromatic carbocycles. The number of imidazole rings is 1. The van der Waals surface area contributed by atoms with Crippen LogP contribution in [0.2, 0.25) is 0 Å². The molecule has 0 spiro atoms. The standard InChI is InChI=1S/C18H16F6N6O2S/c1-3-33(31,32)13-4-10(7-27-28-9-17(19,20)21)6-25-14(13)16-29-12-5-11(18(22,23)24)8-26-15(12)30(16)2/h4-8,28H,3,9H2,1-2H3/b27-7+. The van der Waals surface area contributed by atoms with E-state index in [0.717, 1.165) is 24.5 Å². The average Bonchev–Trinajstić information content (AvgIpc) is 3.05. The molecule has 0 aliphatic rings.